The third kappa shape index (κ3) is 3.85. The average Bonchev–Trinajstić information content (AvgIpc) is 2.61. The van der Waals surface area contributed by atoms with Crippen LogP contribution in [0.15, 0.2) is 60.7 Å². The third-order valence-electron chi connectivity index (χ3n) is 4.79. The van der Waals surface area contributed by atoms with Crippen molar-refractivity contribution < 1.29 is 14.0 Å². The Morgan fingerprint density at radius 3 is 2.42 bits per heavy atom. The van der Waals surface area contributed by atoms with E-state index in [0.29, 0.717) is 18.6 Å². The summed E-state index contributed by atoms with van der Waals surface area (Å²) < 4.78 is 18.3. The highest BCUT2D eigenvalue weighted by Gasteiger charge is 2.31. The second-order valence-electron chi connectivity index (χ2n) is 6.69. The Balaban J connectivity index is 2.04. The van der Waals surface area contributed by atoms with Crippen molar-refractivity contribution in [3.05, 3.63) is 66.2 Å². The number of aryl methyl sites for hydroxylation is 1. The van der Waals surface area contributed by atoms with Crippen LogP contribution in [-0.4, -0.2) is 10.6 Å². The van der Waals surface area contributed by atoms with Crippen LogP contribution in [0.2, 0.25) is 0 Å². The minimum Gasteiger partial charge on any atom is -0.424 e. The summed E-state index contributed by atoms with van der Waals surface area (Å²) >= 11 is 0. The van der Waals surface area contributed by atoms with Crippen LogP contribution in [0.3, 0.4) is 0 Å². The molecular weight excluding hydrogens is 343 g/mol. The predicted octanol–water partition coefficient (Wildman–Crippen LogP) is 6.57. The maximum atomic E-state index is 12.7. The molecule has 3 nitrogen and oxygen atoms in total. The molecule has 0 aromatic heterocycles. The summed E-state index contributed by atoms with van der Waals surface area (Å²) in [6.07, 6.45) is 1.23. The molecule has 0 radical (unpaired) electrons. The molecule has 1 atom stereocenters. The first kappa shape index (κ1) is 18.7. The molecule has 0 bridgehead atoms. The summed E-state index contributed by atoms with van der Waals surface area (Å²) in [6, 6.07) is 20.2. The Hall–Kier alpha value is -2.09. The smallest absolute Gasteiger partial charge is 0.379 e. The topological polar surface area (TPSA) is 46.5 Å². The third-order valence-corrected chi connectivity index (χ3v) is 6.92. The minimum absolute atomic E-state index is 0.344. The first-order valence-corrected chi connectivity index (χ1v) is 10.7. The van der Waals surface area contributed by atoms with Gasteiger partial charge < -0.3 is 9.42 Å². The standard InChI is InChI=1S/C22H25O3P/c1-4-20(5-2)26(23,24)25-19-14-16(3)13-18(15-19)22-12-8-10-17-9-6-7-11-21(17)22/h6-15,20H,4-5H2,1-3H3,(H,23,24). The van der Waals surface area contributed by atoms with Crippen LogP contribution in [0, 0.1) is 6.92 Å². The van der Waals surface area contributed by atoms with Crippen molar-refractivity contribution in [1.29, 1.82) is 0 Å². The molecule has 0 aliphatic carbocycles. The van der Waals surface area contributed by atoms with Crippen LogP contribution in [0.4, 0.5) is 0 Å². The Morgan fingerprint density at radius 1 is 1.00 bits per heavy atom. The lowest BCUT2D eigenvalue weighted by atomic mass is 9.97. The average molecular weight is 368 g/mol. The van der Waals surface area contributed by atoms with Crippen LogP contribution in [0.1, 0.15) is 32.3 Å². The molecule has 0 saturated carbocycles. The second kappa shape index (κ2) is 7.65. The van der Waals surface area contributed by atoms with Crippen molar-refractivity contribution in [2.75, 3.05) is 0 Å². The second-order valence-corrected chi connectivity index (χ2v) is 8.73. The monoisotopic (exact) mass is 368 g/mol. The van der Waals surface area contributed by atoms with Crippen LogP contribution in [0.25, 0.3) is 21.9 Å². The van der Waals surface area contributed by atoms with Gasteiger partial charge in [0.1, 0.15) is 5.75 Å². The molecule has 0 aliphatic heterocycles. The molecule has 3 aromatic rings. The van der Waals surface area contributed by atoms with Crippen molar-refractivity contribution >= 4 is 18.4 Å². The van der Waals surface area contributed by atoms with E-state index in [2.05, 4.69) is 30.3 Å². The Morgan fingerprint density at radius 2 is 1.69 bits per heavy atom. The molecule has 0 aliphatic rings. The molecular formula is C22H25O3P. The molecule has 0 heterocycles. The van der Waals surface area contributed by atoms with E-state index in [9.17, 15) is 9.46 Å². The van der Waals surface area contributed by atoms with Crippen LogP contribution in [0.5, 0.6) is 5.75 Å². The van der Waals surface area contributed by atoms with E-state index in [0.717, 1.165) is 22.1 Å². The van der Waals surface area contributed by atoms with Crippen LogP contribution < -0.4 is 4.52 Å². The molecule has 3 aromatic carbocycles. The summed E-state index contributed by atoms with van der Waals surface area (Å²) in [5.41, 5.74) is 2.73. The van der Waals surface area contributed by atoms with Gasteiger partial charge in [0.25, 0.3) is 0 Å². The Bertz CT molecular complexity index is 955. The van der Waals surface area contributed by atoms with Crippen molar-refractivity contribution in [3.8, 4) is 16.9 Å². The van der Waals surface area contributed by atoms with Gasteiger partial charge in [-0.05, 0) is 59.4 Å². The predicted molar refractivity (Wildman–Crippen MR) is 109 cm³/mol. The van der Waals surface area contributed by atoms with Gasteiger partial charge in [-0.15, -0.1) is 0 Å². The van der Waals surface area contributed by atoms with Gasteiger partial charge in [-0.3, -0.25) is 0 Å². The Labute approximate surface area is 155 Å². The first-order chi connectivity index (χ1) is 12.4. The number of hydrogen-bond acceptors (Lipinski definition) is 2. The van der Waals surface area contributed by atoms with Gasteiger partial charge in [0.05, 0.1) is 5.66 Å². The van der Waals surface area contributed by atoms with Gasteiger partial charge in [-0.2, -0.15) is 0 Å². The number of benzene rings is 3. The van der Waals surface area contributed by atoms with Crippen molar-refractivity contribution in [2.45, 2.75) is 39.3 Å². The SMILES string of the molecule is CCC(CC)P(=O)(O)Oc1cc(C)cc(-c2cccc3ccccc23)c1. The lowest BCUT2D eigenvalue weighted by molar-refractivity contribution is 0.361. The molecule has 1 N–H and O–H groups in total. The lowest BCUT2D eigenvalue weighted by Crippen LogP contribution is -2.10. The highest BCUT2D eigenvalue weighted by Crippen LogP contribution is 2.50. The zero-order chi connectivity index (χ0) is 18.7. The normalized spacial score (nSPS) is 13.7. The summed E-state index contributed by atoms with van der Waals surface area (Å²) in [5, 5.41) is 2.32. The fraction of sp³-hybridized carbons (Fsp3) is 0.273. The van der Waals surface area contributed by atoms with Crippen molar-refractivity contribution in [2.24, 2.45) is 0 Å². The Kier molecular flexibility index (Phi) is 5.50. The van der Waals surface area contributed by atoms with Gasteiger partial charge >= 0.3 is 7.60 Å². The van der Waals surface area contributed by atoms with E-state index < -0.39 is 7.60 Å². The molecule has 26 heavy (non-hydrogen) atoms. The summed E-state index contributed by atoms with van der Waals surface area (Å²) in [5.74, 6) is 0.450. The molecule has 3 rings (SSSR count). The first-order valence-electron chi connectivity index (χ1n) is 9.06. The minimum atomic E-state index is -3.70. The van der Waals surface area contributed by atoms with Crippen LogP contribution >= 0.6 is 7.60 Å². The number of hydrogen-bond donors (Lipinski definition) is 1. The van der Waals surface area contributed by atoms with Gasteiger partial charge in [0.15, 0.2) is 0 Å². The van der Waals surface area contributed by atoms with Crippen molar-refractivity contribution in [3.63, 3.8) is 0 Å². The van der Waals surface area contributed by atoms with E-state index >= 15 is 0 Å². The largest absolute Gasteiger partial charge is 0.424 e. The zero-order valence-corrected chi connectivity index (χ0v) is 16.4. The molecule has 0 fully saturated rings. The van der Waals surface area contributed by atoms with E-state index in [1.807, 2.05) is 51.1 Å². The van der Waals surface area contributed by atoms with Gasteiger partial charge in [0, 0.05) is 0 Å². The maximum absolute atomic E-state index is 12.7. The maximum Gasteiger partial charge on any atom is 0.379 e. The molecule has 4 heteroatoms. The van der Waals surface area contributed by atoms with E-state index in [-0.39, 0.29) is 5.66 Å². The summed E-state index contributed by atoms with van der Waals surface area (Å²) in [6.45, 7) is 5.80. The summed E-state index contributed by atoms with van der Waals surface area (Å²) in [7, 11) is -3.70. The lowest BCUT2D eigenvalue weighted by Gasteiger charge is -2.21. The van der Waals surface area contributed by atoms with Gasteiger partial charge in [0.2, 0.25) is 0 Å². The zero-order valence-electron chi connectivity index (χ0n) is 15.5. The van der Waals surface area contributed by atoms with Gasteiger partial charge in [-0.25, -0.2) is 4.57 Å². The van der Waals surface area contributed by atoms with E-state index in [1.165, 1.54) is 5.39 Å². The van der Waals surface area contributed by atoms with Crippen molar-refractivity contribution in [1.82, 2.24) is 0 Å². The van der Waals surface area contributed by atoms with E-state index in [1.54, 1.807) is 0 Å². The molecule has 1 unspecified atom stereocenters. The molecule has 136 valence electrons. The van der Waals surface area contributed by atoms with E-state index in [4.69, 9.17) is 4.52 Å². The molecule has 0 amide bonds. The van der Waals surface area contributed by atoms with Crippen LogP contribution in [-0.2, 0) is 4.57 Å². The molecule has 0 saturated heterocycles. The quantitative estimate of drug-likeness (QED) is 0.501. The highest BCUT2D eigenvalue weighted by atomic mass is 31.2. The fourth-order valence-electron chi connectivity index (χ4n) is 3.41. The number of fused-ring (bicyclic) bond motifs is 1. The highest BCUT2D eigenvalue weighted by molar-refractivity contribution is 7.54. The van der Waals surface area contributed by atoms with Gasteiger partial charge in [-0.1, -0.05) is 62.4 Å². The number of rotatable bonds is 6. The molecule has 0 spiro atoms. The summed E-state index contributed by atoms with van der Waals surface area (Å²) in [4.78, 5) is 10.4. The fourth-order valence-corrected chi connectivity index (χ4v) is 4.89.